The number of pyridine rings is 1. The largest absolute Gasteiger partial charge is 0.369 e. The van der Waals surface area contributed by atoms with E-state index in [1.165, 1.54) is 0 Å². The van der Waals surface area contributed by atoms with Crippen molar-refractivity contribution in [3.05, 3.63) is 40.7 Å². The second-order valence-electron chi connectivity index (χ2n) is 5.11. The van der Waals surface area contributed by atoms with Crippen molar-refractivity contribution in [1.29, 1.82) is 0 Å². The predicted molar refractivity (Wildman–Crippen MR) is 81.7 cm³/mol. The Morgan fingerprint density at radius 3 is 2.58 bits per heavy atom. The minimum Gasteiger partial charge on any atom is -0.369 e. The molecule has 1 aromatic carbocycles. The third-order valence-corrected chi connectivity index (χ3v) is 3.89. The van der Waals surface area contributed by atoms with Crippen LogP contribution in [0.15, 0.2) is 35.1 Å². The molecule has 2 rings (SSSR count). The van der Waals surface area contributed by atoms with Crippen LogP contribution in [0.5, 0.6) is 0 Å². The Morgan fingerprint density at radius 1 is 1.21 bits per heavy atom. The highest BCUT2D eigenvalue weighted by atomic mass is 16.1. The van der Waals surface area contributed by atoms with Crippen molar-refractivity contribution >= 4 is 16.6 Å². The van der Waals surface area contributed by atoms with Gasteiger partial charge in [0.05, 0.1) is 0 Å². The molecule has 0 aliphatic heterocycles. The number of H-pyrrole nitrogens is 1. The summed E-state index contributed by atoms with van der Waals surface area (Å²) in [5, 5.41) is 5.14. The zero-order valence-corrected chi connectivity index (χ0v) is 11.9. The van der Waals surface area contributed by atoms with Crippen molar-refractivity contribution in [2.24, 2.45) is 5.92 Å². The van der Waals surface area contributed by atoms with Gasteiger partial charge < -0.3 is 10.3 Å². The first-order valence-corrected chi connectivity index (χ1v) is 7.04. The molecule has 0 bridgehead atoms. The lowest BCUT2D eigenvalue weighted by molar-refractivity contribution is 0.437. The van der Waals surface area contributed by atoms with Crippen molar-refractivity contribution < 1.29 is 0 Å². The van der Waals surface area contributed by atoms with Crippen LogP contribution in [0.25, 0.3) is 10.8 Å². The Hall–Kier alpha value is -1.77. The molecule has 102 valence electrons. The van der Waals surface area contributed by atoms with Gasteiger partial charge in [0.2, 0.25) is 0 Å². The Labute approximate surface area is 114 Å². The summed E-state index contributed by atoms with van der Waals surface area (Å²) in [6.45, 7) is 6.58. The standard InChI is InChI=1S/C16H22N2O/c1-4-12(5-2)11(3)17-15-10-13-8-6-7-9-14(13)16(19)18-15/h6-12H,4-5H2,1-3H3,(H2,17,18,19). The van der Waals surface area contributed by atoms with Gasteiger partial charge >= 0.3 is 0 Å². The predicted octanol–water partition coefficient (Wildman–Crippen LogP) is 3.76. The van der Waals surface area contributed by atoms with Crippen molar-refractivity contribution in [2.45, 2.75) is 39.7 Å². The fourth-order valence-electron chi connectivity index (χ4n) is 2.65. The third kappa shape index (κ3) is 2.98. The zero-order valence-electron chi connectivity index (χ0n) is 11.9. The van der Waals surface area contributed by atoms with Crippen molar-refractivity contribution in [3.63, 3.8) is 0 Å². The van der Waals surface area contributed by atoms with Gasteiger partial charge in [-0.05, 0) is 30.4 Å². The number of aromatic amines is 1. The molecule has 0 saturated carbocycles. The van der Waals surface area contributed by atoms with E-state index in [4.69, 9.17) is 0 Å². The normalized spacial score (nSPS) is 12.8. The third-order valence-electron chi connectivity index (χ3n) is 3.89. The first-order valence-electron chi connectivity index (χ1n) is 7.04. The van der Waals surface area contributed by atoms with Crippen LogP contribution in [0.1, 0.15) is 33.6 Å². The van der Waals surface area contributed by atoms with Gasteiger partial charge in [-0.25, -0.2) is 0 Å². The number of anilines is 1. The average Bonchev–Trinajstić information content (AvgIpc) is 2.40. The van der Waals surface area contributed by atoms with Crippen LogP contribution in [-0.2, 0) is 0 Å². The maximum atomic E-state index is 12.0. The van der Waals surface area contributed by atoms with Crippen molar-refractivity contribution in [1.82, 2.24) is 4.98 Å². The number of rotatable bonds is 5. The van der Waals surface area contributed by atoms with Gasteiger partial charge in [0.15, 0.2) is 0 Å². The molecule has 0 spiro atoms. The van der Waals surface area contributed by atoms with Crippen LogP contribution < -0.4 is 10.9 Å². The second-order valence-corrected chi connectivity index (χ2v) is 5.11. The summed E-state index contributed by atoms with van der Waals surface area (Å²) in [6.07, 6.45) is 2.28. The number of aromatic nitrogens is 1. The Morgan fingerprint density at radius 2 is 1.89 bits per heavy atom. The van der Waals surface area contributed by atoms with E-state index in [9.17, 15) is 4.79 Å². The molecular formula is C16H22N2O. The second kappa shape index (κ2) is 5.91. The SMILES string of the molecule is CCC(CC)C(C)Nc1cc2ccccc2c(=O)[nH]1. The van der Waals surface area contributed by atoms with Crippen LogP contribution in [0, 0.1) is 5.92 Å². The van der Waals surface area contributed by atoms with Gasteiger partial charge in [-0.1, -0.05) is 44.9 Å². The molecule has 1 aromatic heterocycles. The topological polar surface area (TPSA) is 44.9 Å². The minimum atomic E-state index is -0.0302. The van der Waals surface area contributed by atoms with E-state index < -0.39 is 0 Å². The number of nitrogens with one attached hydrogen (secondary N) is 2. The Balaban J connectivity index is 2.29. The molecule has 0 aliphatic carbocycles. The fourth-order valence-corrected chi connectivity index (χ4v) is 2.65. The van der Waals surface area contributed by atoms with Gasteiger partial charge in [-0.2, -0.15) is 0 Å². The first-order chi connectivity index (χ1) is 9.15. The molecule has 0 radical (unpaired) electrons. The van der Waals surface area contributed by atoms with E-state index in [-0.39, 0.29) is 5.56 Å². The molecule has 0 aliphatic rings. The molecule has 3 nitrogen and oxygen atoms in total. The molecule has 2 N–H and O–H groups in total. The summed E-state index contributed by atoms with van der Waals surface area (Å²) < 4.78 is 0. The highest BCUT2D eigenvalue weighted by Gasteiger charge is 2.13. The lowest BCUT2D eigenvalue weighted by Crippen LogP contribution is -2.26. The van der Waals surface area contributed by atoms with Crippen molar-refractivity contribution in [2.75, 3.05) is 5.32 Å². The first kappa shape index (κ1) is 13.7. The molecule has 19 heavy (non-hydrogen) atoms. The minimum absolute atomic E-state index is 0.0302. The quantitative estimate of drug-likeness (QED) is 0.857. The fraction of sp³-hybridized carbons (Fsp3) is 0.438. The highest BCUT2D eigenvalue weighted by molar-refractivity contribution is 5.83. The van der Waals surface area contributed by atoms with Crippen LogP contribution >= 0.6 is 0 Å². The lowest BCUT2D eigenvalue weighted by atomic mass is 9.95. The molecule has 0 amide bonds. The van der Waals surface area contributed by atoms with Gasteiger partial charge in [0.25, 0.3) is 5.56 Å². The maximum Gasteiger partial charge on any atom is 0.257 e. The van der Waals surface area contributed by atoms with Crippen LogP contribution in [0.3, 0.4) is 0 Å². The summed E-state index contributed by atoms with van der Waals surface area (Å²) in [6, 6.07) is 10.0. The molecule has 1 atom stereocenters. The van der Waals surface area contributed by atoms with Gasteiger partial charge in [-0.3, -0.25) is 4.79 Å². The molecule has 1 unspecified atom stereocenters. The number of hydrogen-bond acceptors (Lipinski definition) is 2. The molecule has 3 heteroatoms. The van der Waals surface area contributed by atoms with Gasteiger partial charge in [0, 0.05) is 11.4 Å². The molecule has 0 saturated heterocycles. The van der Waals surface area contributed by atoms with Crippen molar-refractivity contribution in [3.8, 4) is 0 Å². The van der Waals surface area contributed by atoms with E-state index in [2.05, 4.69) is 31.1 Å². The lowest BCUT2D eigenvalue weighted by Gasteiger charge is -2.23. The summed E-state index contributed by atoms with van der Waals surface area (Å²) in [5.41, 5.74) is -0.0302. The molecular weight excluding hydrogens is 236 g/mol. The monoisotopic (exact) mass is 258 g/mol. The van der Waals surface area contributed by atoms with Crippen LogP contribution in [0.4, 0.5) is 5.82 Å². The summed E-state index contributed by atoms with van der Waals surface area (Å²) in [7, 11) is 0. The van der Waals surface area contributed by atoms with Crippen LogP contribution in [-0.4, -0.2) is 11.0 Å². The number of benzene rings is 1. The number of fused-ring (bicyclic) bond motifs is 1. The van der Waals surface area contributed by atoms with E-state index >= 15 is 0 Å². The zero-order chi connectivity index (χ0) is 13.8. The Kier molecular flexibility index (Phi) is 4.25. The summed E-state index contributed by atoms with van der Waals surface area (Å²) >= 11 is 0. The van der Waals surface area contributed by atoms with Gasteiger partial charge in [0.1, 0.15) is 5.82 Å². The molecule has 2 aromatic rings. The number of hydrogen-bond donors (Lipinski definition) is 2. The molecule has 0 fully saturated rings. The molecule has 1 heterocycles. The van der Waals surface area contributed by atoms with E-state index in [0.717, 1.165) is 29.4 Å². The van der Waals surface area contributed by atoms with E-state index in [0.29, 0.717) is 12.0 Å². The van der Waals surface area contributed by atoms with Gasteiger partial charge in [-0.15, -0.1) is 0 Å². The summed E-state index contributed by atoms with van der Waals surface area (Å²) in [4.78, 5) is 14.9. The maximum absolute atomic E-state index is 12.0. The average molecular weight is 258 g/mol. The summed E-state index contributed by atoms with van der Waals surface area (Å²) in [5.74, 6) is 1.43. The smallest absolute Gasteiger partial charge is 0.257 e. The van der Waals surface area contributed by atoms with Crippen LogP contribution in [0.2, 0.25) is 0 Å². The Bertz CT molecular complexity index is 599. The van der Waals surface area contributed by atoms with E-state index in [1.54, 1.807) is 0 Å². The highest BCUT2D eigenvalue weighted by Crippen LogP contribution is 2.18. The van der Waals surface area contributed by atoms with E-state index in [1.807, 2.05) is 30.3 Å².